The first-order chi connectivity index (χ1) is 8.91. The summed E-state index contributed by atoms with van der Waals surface area (Å²) in [4.78, 5) is 22.6. The number of carboxylic acids is 1. The summed E-state index contributed by atoms with van der Waals surface area (Å²) in [5.74, 6) is -0.549. The van der Waals surface area contributed by atoms with Gasteiger partial charge in [-0.25, -0.2) is 4.79 Å². The molecule has 2 rings (SSSR count). The van der Waals surface area contributed by atoms with Crippen LogP contribution in [0.4, 0.5) is 0 Å². The summed E-state index contributed by atoms with van der Waals surface area (Å²) < 4.78 is 3.46. The van der Waals surface area contributed by atoms with Crippen LogP contribution < -0.4 is 5.43 Å². The number of carboxylic acid groups (broad SMARTS) is 1. The van der Waals surface area contributed by atoms with E-state index in [0.717, 1.165) is 0 Å². The van der Waals surface area contributed by atoms with Crippen molar-refractivity contribution in [2.75, 3.05) is 0 Å². The summed E-state index contributed by atoms with van der Waals surface area (Å²) in [6, 6.07) is 1.10. The summed E-state index contributed by atoms with van der Waals surface area (Å²) in [6.45, 7) is 3.62. The average molecular weight is 262 g/mol. The molecule has 0 saturated heterocycles. The van der Waals surface area contributed by atoms with Gasteiger partial charge in [0.1, 0.15) is 11.9 Å². The molecule has 0 saturated carbocycles. The van der Waals surface area contributed by atoms with Crippen LogP contribution in [0.2, 0.25) is 0 Å². The van der Waals surface area contributed by atoms with Gasteiger partial charge in [-0.15, -0.1) is 10.2 Å². The van der Waals surface area contributed by atoms with Crippen LogP contribution in [0, 0.1) is 6.92 Å². The number of aromatic nitrogens is 4. The van der Waals surface area contributed by atoms with Crippen LogP contribution in [-0.2, 0) is 7.05 Å². The zero-order chi connectivity index (χ0) is 14.2. The van der Waals surface area contributed by atoms with E-state index in [-0.39, 0.29) is 11.6 Å². The number of nitrogens with zero attached hydrogens (tertiary/aromatic N) is 4. The number of pyridine rings is 1. The summed E-state index contributed by atoms with van der Waals surface area (Å²) in [7, 11) is 1.81. The third kappa shape index (κ3) is 2.26. The largest absolute Gasteiger partial charge is 0.477 e. The molecular formula is C12H14N4O3. The minimum absolute atomic E-state index is 0.216. The average Bonchev–Trinajstić information content (AvgIpc) is 2.74. The fraction of sp³-hybridized carbons (Fsp3) is 0.333. The van der Waals surface area contributed by atoms with Crippen molar-refractivity contribution in [3.63, 3.8) is 0 Å². The monoisotopic (exact) mass is 262 g/mol. The van der Waals surface area contributed by atoms with E-state index in [9.17, 15) is 9.59 Å². The zero-order valence-electron chi connectivity index (χ0n) is 10.9. The predicted octanol–water partition coefficient (Wildman–Crippen LogP) is 0.593. The lowest BCUT2D eigenvalue weighted by Gasteiger charge is -2.18. The Balaban J connectivity index is 2.57. The molecule has 1 unspecified atom stereocenters. The number of hydrogen-bond acceptors (Lipinski definition) is 4. The lowest BCUT2D eigenvalue weighted by atomic mass is 10.2. The molecule has 0 aromatic carbocycles. The van der Waals surface area contributed by atoms with Gasteiger partial charge in [0.15, 0.2) is 11.3 Å². The molecule has 0 aliphatic heterocycles. The third-order valence-electron chi connectivity index (χ3n) is 3.05. The van der Waals surface area contributed by atoms with E-state index < -0.39 is 11.4 Å². The Bertz CT molecular complexity index is 687. The summed E-state index contributed by atoms with van der Waals surface area (Å²) in [5.41, 5.74) is -0.0727. The number of rotatable bonds is 3. The maximum atomic E-state index is 11.6. The highest BCUT2D eigenvalue weighted by Crippen LogP contribution is 2.16. The quantitative estimate of drug-likeness (QED) is 0.874. The molecular weight excluding hydrogens is 248 g/mol. The Morgan fingerprint density at radius 3 is 2.68 bits per heavy atom. The molecule has 0 aliphatic rings. The molecule has 7 nitrogen and oxygen atoms in total. The van der Waals surface area contributed by atoms with Crippen molar-refractivity contribution >= 4 is 5.97 Å². The van der Waals surface area contributed by atoms with Crippen LogP contribution in [0.15, 0.2) is 23.4 Å². The van der Waals surface area contributed by atoms with Gasteiger partial charge in [0, 0.05) is 25.0 Å². The van der Waals surface area contributed by atoms with Gasteiger partial charge in [-0.05, 0) is 13.8 Å². The van der Waals surface area contributed by atoms with Crippen molar-refractivity contribution in [1.29, 1.82) is 0 Å². The van der Waals surface area contributed by atoms with Gasteiger partial charge in [-0.1, -0.05) is 0 Å². The molecule has 0 amide bonds. The van der Waals surface area contributed by atoms with Gasteiger partial charge >= 0.3 is 5.97 Å². The highest BCUT2D eigenvalue weighted by atomic mass is 16.4. The fourth-order valence-corrected chi connectivity index (χ4v) is 2.02. The van der Waals surface area contributed by atoms with Crippen molar-refractivity contribution in [3.05, 3.63) is 45.9 Å². The van der Waals surface area contributed by atoms with Crippen LogP contribution in [0.3, 0.4) is 0 Å². The molecule has 100 valence electrons. The minimum Gasteiger partial charge on any atom is -0.477 e. The first-order valence-electron chi connectivity index (χ1n) is 5.71. The van der Waals surface area contributed by atoms with E-state index in [0.29, 0.717) is 11.5 Å². The molecule has 0 radical (unpaired) electrons. The van der Waals surface area contributed by atoms with Gasteiger partial charge in [-0.2, -0.15) is 0 Å². The fourth-order valence-electron chi connectivity index (χ4n) is 2.02. The van der Waals surface area contributed by atoms with Crippen molar-refractivity contribution in [2.45, 2.75) is 19.9 Å². The number of carbonyl (C=O) groups is 1. The summed E-state index contributed by atoms with van der Waals surface area (Å²) >= 11 is 0. The maximum absolute atomic E-state index is 11.6. The molecule has 2 aromatic heterocycles. The van der Waals surface area contributed by atoms with E-state index >= 15 is 0 Å². The molecule has 2 aromatic rings. The van der Waals surface area contributed by atoms with Crippen LogP contribution in [-0.4, -0.2) is 30.4 Å². The molecule has 7 heteroatoms. The second-order valence-corrected chi connectivity index (χ2v) is 4.38. The SMILES string of the molecule is Cc1cc(=O)c(C(=O)O)cn1C(C)c1nncn1C. The van der Waals surface area contributed by atoms with Gasteiger partial charge < -0.3 is 14.2 Å². The molecule has 0 bridgehead atoms. The van der Waals surface area contributed by atoms with Crippen LogP contribution in [0.5, 0.6) is 0 Å². The van der Waals surface area contributed by atoms with Crippen LogP contribution in [0.1, 0.15) is 34.8 Å². The zero-order valence-corrected chi connectivity index (χ0v) is 10.9. The molecule has 1 atom stereocenters. The second kappa shape index (κ2) is 4.68. The van der Waals surface area contributed by atoms with E-state index in [4.69, 9.17) is 5.11 Å². The Labute approximate surface area is 109 Å². The standard InChI is InChI=1S/C12H14N4O3/c1-7-4-10(17)9(12(18)19)5-16(7)8(2)11-14-13-6-15(11)3/h4-6,8H,1-3H3,(H,18,19). The number of aryl methyl sites for hydroxylation is 2. The first-order valence-corrected chi connectivity index (χ1v) is 5.71. The van der Waals surface area contributed by atoms with Crippen molar-refractivity contribution in [3.8, 4) is 0 Å². The summed E-state index contributed by atoms with van der Waals surface area (Å²) in [5, 5.41) is 16.8. The van der Waals surface area contributed by atoms with Gasteiger partial charge in [0.25, 0.3) is 0 Å². The maximum Gasteiger partial charge on any atom is 0.341 e. The van der Waals surface area contributed by atoms with E-state index in [1.54, 1.807) is 22.4 Å². The number of aromatic carboxylic acids is 1. The normalized spacial score (nSPS) is 12.4. The summed E-state index contributed by atoms with van der Waals surface area (Å²) in [6.07, 6.45) is 2.92. The Morgan fingerprint density at radius 2 is 2.16 bits per heavy atom. The molecule has 0 spiro atoms. The van der Waals surface area contributed by atoms with Gasteiger partial charge in [-0.3, -0.25) is 4.79 Å². The lowest BCUT2D eigenvalue weighted by Crippen LogP contribution is -2.22. The van der Waals surface area contributed by atoms with Crippen molar-refractivity contribution in [2.24, 2.45) is 7.05 Å². The molecule has 1 N–H and O–H groups in total. The Kier molecular flexibility index (Phi) is 3.20. The smallest absolute Gasteiger partial charge is 0.341 e. The van der Waals surface area contributed by atoms with Gasteiger partial charge in [0.05, 0.1) is 6.04 Å². The second-order valence-electron chi connectivity index (χ2n) is 4.38. The minimum atomic E-state index is -1.23. The topological polar surface area (TPSA) is 90.0 Å². The van der Waals surface area contributed by atoms with Gasteiger partial charge in [0.2, 0.25) is 0 Å². The third-order valence-corrected chi connectivity index (χ3v) is 3.05. The molecule has 19 heavy (non-hydrogen) atoms. The van der Waals surface area contributed by atoms with Crippen molar-refractivity contribution in [1.82, 2.24) is 19.3 Å². The first kappa shape index (κ1) is 13.0. The van der Waals surface area contributed by atoms with Crippen LogP contribution in [0.25, 0.3) is 0 Å². The molecule has 2 heterocycles. The Morgan fingerprint density at radius 1 is 1.47 bits per heavy atom. The number of hydrogen-bond donors (Lipinski definition) is 1. The van der Waals surface area contributed by atoms with E-state index in [1.165, 1.54) is 12.3 Å². The van der Waals surface area contributed by atoms with E-state index in [2.05, 4.69) is 10.2 Å². The Hall–Kier alpha value is -2.44. The van der Waals surface area contributed by atoms with Crippen LogP contribution >= 0.6 is 0 Å². The molecule has 0 fully saturated rings. The van der Waals surface area contributed by atoms with E-state index in [1.807, 2.05) is 14.0 Å². The predicted molar refractivity (Wildman–Crippen MR) is 67.2 cm³/mol. The lowest BCUT2D eigenvalue weighted by molar-refractivity contribution is 0.0694. The molecule has 0 aliphatic carbocycles. The highest BCUT2D eigenvalue weighted by Gasteiger charge is 2.17. The highest BCUT2D eigenvalue weighted by molar-refractivity contribution is 5.87. The van der Waals surface area contributed by atoms with Crippen molar-refractivity contribution < 1.29 is 9.90 Å².